The fourth-order valence-corrected chi connectivity index (χ4v) is 2.34. The molecule has 0 aliphatic carbocycles. The van der Waals surface area contributed by atoms with Gasteiger partial charge < -0.3 is 10.6 Å². The van der Waals surface area contributed by atoms with Crippen molar-refractivity contribution in [2.45, 2.75) is 19.9 Å². The van der Waals surface area contributed by atoms with E-state index in [9.17, 15) is 10.1 Å². The van der Waals surface area contributed by atoms with Crippen LogP contribution >= 0.6 is 0 Å². The Bertz CT molecular complexity index is 437. The first kappa shape index (κ1) is 11.9. The van der Waals surface area contributed by atoms with Crippen molar-refractivity contribution in [1.82, 2.24) is 0 Å². The summed E-state index contributed by atoms with van der Waals surface area (Å²) in [7, 11) is 0. The highest BCUT2D eigenvalue weighted by molar-refractivity contribution is 5.62. The summed E-state index contributed by atoms with van der Waals surface area (Å²) in [5.41, 5.74) is 7.81. The van der Waals surface area contributed by atoms with Crippen molar-refractivity contribution in [3.05, 3.63) is 33.9 Å². The van der Waals surface area contributed by atoms with Crippen LogP contribution in [0.2, 0.25) is 0 Å². The first-order chi connectivity index (χ1) is 8.00. The van der Waals surface area contributed by atoms with Gasteiger partial charge in [0.2, 0.25) is 0 Å². The second kappa shape index (κ2) is 4.33. The molecule has 0 aromatic heterocycles. The van der Waals surface area contributed by atoms with Crippen LogP contribution in [0.15, 0.2) is 18.2 Å². The van der Waals surface area contributed by atoms with Gasteiger partial charge in [0.25, 0.3) is 5.69 Å². The number of nitro groups is 1. The molecule has 1 heterocycles. The molecule has 1 fully saturated rings. The van der Waals surface area contributed by atoms with Crippen LogP contribution < -0.4 is 10.6 Å². The van der Waals surface area contributed by atoms with Gasteiger partial charge in [-0.3, -0.25) is 10.1 Å². The number of nitrogens with two attached hydrogens (primary N) is 1. The molecule has 1 aliphatic rings. The minimum Gasteiger partial charge on any atom is -0.369 e. The highest BCUT2D eigenvalue weighted by atomic mass is 16.6. The summed E-state index contributed by atoms with van der Waals surface area (Å²) in [4.78, 5) is 12.7. The molecule has 0 saturated carbocycles. The van der Waals surface area contributed by atoms with Gasteiger partial charge in [-0.05, 0) is 18.9 Å². The smallest absolute Gasteiger partial charge is 0.274 e. The van der Waals surface area contributed by atoms with Crippen LogP contribution in [-0.4, -0.2) is 24.1 Å². The number of benzene rings is 1. The molecule has 2 rings (SSSR count). The third kappa shape index (κ3) is 2.10. The third-order valence-corrected chi connectivity index (χ3v) is 3.48. The Balaban J connectivity index is 2.34. The monoisotopic (exact) mass is 235 g/mol. The fourth-order valence-electron chi connectivity index (χ4n) is 2.34. The van der Waals surface area contributed by atoms with Crippen LogP contribution in [0, 0.1) is 23.0 Å². The molecule has 17 heavy (non-hydrogen) atoms. The molecular weight excluding hydrogens is 218 g/mol. The van der Waals surface area contributed by atoms with Crippen molar-refractivity contribution in [2.75, 3.05) is 18.0 Å². The lowest BCUT2D eigenvalue weighted by Crippen LogP contribution is -2.28. The third-order valence-electron chi connectivity index (χ3n) is 3.48. The minimum atomic E-state index is -0.335. The molecule has 2 unspecified atom stereocenters. The van der Waals surface area contributed by atoms with Crippen LogP contribution in [0.4, 0.5) is 11.4 Å². The summed E-state index contributed by atoms with van der Waals surface area (Å²) in [5, 5.41) is 10.9. The molecule has 2 atom stereocenters. The number of rotatable bonds is 2. The van der Waals surface area contributed by atoms with Crippen LogP contribution in [-0.2, 0) is 0 Å². The zero-order valence-electron chi connectivity index (χ0n) is 10.1. The lowest BCUT2D eigenvalue weighted by molar-refractivity contribution is -0.385. The van der Waals surface area contributed by atoms with Crippen molar-refractivity contribution >= 4 is 11.4 Å². The second-order valence-electron chi connectivity index (χ2n) is 4.72. The van der Waals surface area contributed by atoms with Gasteiger partial charge in [0.1, 0.15) is 0 Å². The Labute approximate surface area is 100 Å². The van der Waals surface area contributed by atoms with Gasteiger partial charge >= 0.3 is 0 Å². The van der Waals surface area contributed by atoms with Crippen molar-refractivity contribution in [3.8, 4) is 0 Å². The molecule has 1 saturated heterocycles. The Morgan fingerprint density at radius 1 is 1.47 bits per heavy atom. The highest BCUT2D eigenvalue weighted by Crippen LogP contribution is 2.31. The van der Waals surface area contributed by atoms with Gasteiger partial charge in [0.05, 0.1) is 10.5 Å². The van der Waals surface area contributed by atoms with Gasteiger partial charge in [-0.25, -0.2) is 0 Å². The van der Waals surface area contributed by atoms with E-state index >= 15 is 0 Å². The van der Waals surface area contributed by atoms with Crippen molar-refractivity contribution in [1.29, 1.82) is 0 Å². The molecule has 5 nitrogen and oxygen atoms in total. The summed E-state index contributed by atoms with van der Waals surface area (Å²) < 4.78 is 0. The molecule has 5 heteroatoms. The van der Waals surface area contributed by atoms with Crippen molar-refractivity contribution < 1.29 is 4.92 Å². The predicted octanol–water partition coefficient (Wildman–Crippen LogP) is 1.69. The summed E-state index contributed by atoms with van der Waals surface area (Å²) in [5.74, 6) is 0.425. The van der Waals surface area contributed by atoms with Crippen molar-refractivity contribution in [3.63, 3.8) is 0 Å². The number of hydrogen-bond acceptors (Lipinski definition) is 4. The summed E-state index contributed by atoms with van der Waals surface area (Å²) >= 11 is 0. The zero-order chi connectivity index (χ0) is 12.6. The molecule has 1 aromatic carbocycles. The van der Waals surface area contributed by atoms with E-state index in [4.69, 9.17) is 5.73 Å². The van der Waals surface area contributed by atoms with Gasteiger partial charge in [0, 0.05) is 30.9 Å². The Morgan fingerprint density at radius 2 is 2.18 bits per heavy atom. The van der Waals surface area contributed by atoms with E-state index in [1.54, 1.807) is 13.0 Å². The Morgan fingerprint density at radius 3 is 2.71 bits per heavy atom. The number of hydrogen-bond donors (Lipinski definition) is 1. The molecule has 0 radical (unpaired) electrons. The first-order valence-corrected chi connectivity index (χ1v) is 5.75. The van der Waals surface area contributed by atoms with Crippen LogP contribution in [0.3, 0.4) is 0 Å². The molecule has 0 amide bonds. The minimum absolute atomic E-state index is 0.147. The quantitative estimate of drug-likeness (QED) is 0.625. The maximum Gasteiger partial charge on any atom is 0.274 e. The number of nitrogens with zero attached hydrogens (tertiary/aromatic N) is 2. The lowest BCUT2D eigenvalue weighted by atomic mass is 10.1. The molecular formula is C12H17N3O2. The van der Waals surface area contributed by atoms with E-state index in [1.807, 2.05) is 6.07 Å². The number of nitro benzene ring substituents is 1. The molecule has 0 bridgehead atoms. The van der Waals surface area contributed by atoms with Gasteiger partial charge in [-0.15, -0.1) is 0 Å². The van der Waals surface area contributed by atoms with Gasteiger partial charge in [-0.1, -0.05) is 13.0 Å². The van der Waals surface area contributed by atoms with E-state index < -0.39 is 0 Å². The Hall–Kier alpha value is -1.62. The average Bonchev–Trinajstić information content (AvgIpc) is 2.59. The number of anilines is 1. The van der Waals surface area contributed by atoms with Crippen LogP contribution in [0.5, 0.6) is 0 Å². The molecule has 0 spiro atoms. The fraction of sp³-hybridized carbons (Fsp3) is 0.500. The second-order valence-corrected chi connectivity index (χ2v) is 4.72. The van der Waals surface area contributed by atoms with E-state index in [2.05, 4.69) is 11.8 Å². The standard InChI is InChI=1S/C12H17N3O2/c1-8-6-14(7-10(8)13)11-4-3-5-12(9(11)2)15(16)17/h3-5,8,10H,6-7,13H2,1-2H3. The summed E-state index contributed by atoms with van der Waals surface area (Å²) in [6, 6.07) is 5.34. The molecule has 92 valence electrons. The van der Waals surface area contributed by atoms with Gasteiger partial charge in [-0.2, -0.15) is 0 Å². The van der Waals surface area contributed by atoms with E-state index in [0.717, 1.165) is 24.3 Å². The zero-order valence-corrected chi connectivity index (χ0v) is 10.1. The summed E-state index contributed by atoms with van der Waals surface area (Å²) in [6.45, 7) is 5.53. The van der Waals surface area contributed by atoms with E-state index in [-0.39, 0.29) is 16.7 Å². The topological polar surface area (TPSA) is 72.4 Å². The average molecular weight is 235 g/mol. The maximum atomic E-state index is 10.9. The predicted molar refractivity (Wildman–Crippen MR) is 67.2 cm³/mol. The van der Waals surface area contributed by atoms with Gasteiger partial charge in [0.15, 0.2) is 0 Å². The normalized spacial score (nSPS) is 24.1. The summed E-state index contributed by atoms with van der Waals surface area (Å²) in [6.07, 6.45) is 0. The van der Waals surface area contributed by atoms with E-state index in [1.165, 1.54) is 6.07 Å². The molecule has 1 aliphatic heterocycles. The SMILES string of the molecule is Cc1c(N2CC(C)C(N)C2)cccc1[N+](=O)[O-]. The van der Waals surface area contributed by atoms with E-state index in [0.29, 0.717) is 5.92 Å². The van der Waals surface area contributed by atoms with Crippen LogP contribution in [0.1, 0.15) is 12.5 Å². The maximum absolute atomic E-state index is 10.9. The van der Waals surface area contributed by atoms with Crippen LogP contribution in [0.25, 0.3) is 0 Å². The van der Waals surface area contributed by atoms with Crippen molar-refractivity contribution in [2.24, 2.45) is 11.7 Å². The molecule has 1 aromatic rings. The Kier molecular flexibility index (Phi) is 3.02. The lowest BCUT2D eigenvalue weighted by Gasteiger charge is -2.20. The highest BCUT2D eigenvalue weighted by Gasteiger charge is 2.28. The first-order valence-electron chi connectivity index (χ1n) is 5.75. The molecule has 2 N–H and O–H groups in total. The largest absolute Gasteiger partial charge is 0.369 e.